The third kappa shape index (κ3) is 5.23. The van der Waals surface area contributed by atoms with E-state index in [1.54, 1.807) is 6.07 Å². The van der Waals surface area contributed by atoms with Crippen molar-refractivity contribution in [1.82, 2.24) is 0 Å². The first-order valence-electron chi connectivity index (χ1n) is 14.3. The van der Waals surface area contributed by atoms with Crippen LogP contribution in [-0.2, 0) is 0 Å². The van der Waals surface area contributed by atoms with E-state index < -0.39 is 5.92 Å². The van der Waals surface area contributed by atoms with E-state index in [2.05, 4.69) is 26.0 Å². The zero-order chi connectivity index (χ0) is 26.1. The van der Waals surface area contributed by atoms with Gasteiger partial charge in [0.25, 0.3) is 0 Å². The number of aromatic hydroxyl groups is 3. The van der Waals surface area contributed by atoms with E-state index in [-0.39, 0.29) is 17.2 Å². The normalized spacial score (nSPS) is 17.4. The first-order valence-corrected chi connectivity index (χ1v) is 14.3. The Hall–Kier alpha value is -2.94. The number of rotatable bonds is 5. The number of phenols is 3. The summed E-state index contributed by atoms with van der Waals surface area (Å²) in [6.45, 7) is 6.15. The molecular formula is C34H42O3. The summed E-state index contributed by atoms with van der Waals surface area (Å²) in [6.07, 6.45) is 12.2. The first-order chi connectivity index (χ1) is 17.8. The molecule has 37 heavy (non-hydrogen) atoms. The molecule has 196 valence electrons. The Morgan fingerprint density at radius 2 is 0.973 bits per heavy atom. The summed E-state index contributed by atoms with van der Waals surface area (Å²) in [5.41, 5.74) is 8.05. The topological polar surface area (TPSA) is 60.7 Å². The maximum absolute atomic E-state index is 11.4. The summed E-state index contributed by atoms with van der Waals surface area (Å²) in [7, 11) is 0. The minimum Gasteiger partial charge on any atom is -0.508 e. The molecule has 3 aromatic carbocycles. The number of hydrogen-bond donors (Lipinski definition) is 3. The summed E-state index contributed by atoms with van der Waals surface area (Å²) < 4.78 is 0. The molecule has 2 fully saturated rings. The molecule has 0 atom stereocenters. The molecule has 0 radical (unpaired) electrons. The van der Waals surface area contributed by atoms with E-state index >= 15 is 0 Å². The molecule has 2 aliphatic carbocycles. The Labute approximate surface area is 222 Å². The lowest BCUT2D eigenvalue weighted by Gasteiger charge is -2.29. The molecule has 2 saturated carbocycles. The van der Waals surface area contributed by atoms with Gasteiger partial charge >= 0.3 is 0 Å². The quantitative estimate of drug-likeness (QED) is 0.308. The summed E-state index contributed by atoms with van der Waals surface area (Å²) >= 11 is 0. The van der Waals surface area contributed by atoms with E-state index in [4.69, 9.17) is 0 Å². The van der Waals surface area contributed by atoms with Crippen molar-refractivity contribution in [2.75, 3.05) is 0 Å². The SMILES string of the molecule is Cc1ccc(C(c2cc(C3CCCCC3)c(C)cc2O)c2cc(C3CCCCC3)c(C)cc2O)c(O)c1. The van der Waals surface area contributed by atoms with Crippen LogP contribution in [0, 0.1) is 20.8 Å². The van der Waals surface area contributed by atoms with E-state index in [1.807, 2.05) is 31.2 Å². The number of aryl methyl sites for hydroxylation is 3. The van der Waals surface area contributed by atoms with Gasteiger partial charge in [-0.25, -0.2) is 0 Å². The van der Waals surface area contributed by atoms with Crippen LogP contribution in [0.4, 0.5) is 0 Å². The fraction of sp³-hybridized carbons (Fsp3) is 0.471. The van der Waals surface area contributed by atoms with Gasteiger partial charge in [-0.15, -0.1) is 0 Å². The molecule has 0 aromatic heterocycles. The van der Waals surface area contributed by atoms with E-state index in [0.29, 0.717) is 17.4 Å². The van der Waals surface area contributed by atoms with Gasteiger partial charge in [0.05, 0.1) is 0 Å². The van der Waals surface area contributed by atoms with Gasteiger partial charge < -0.3 is 15.3 Å². The molecule has 0 saturated heterocycles. The molecule has 3 nitrogen and oxygen atoms in total. The average Bonchev–Trinajstić information content (AvgIpc) is 2.88. The maximum Gasteiger partial charge on any atom is 0.120 e. The lowest BCUT2D eigenvalue weighted by atomic mass is 9.76. The van der Waals surface area contributed by atoms with Crippen molar-refractivity contribution in [3.8, 4) is 17.2 Å². The zero-order valence-corrected chi connectivity index (χ0v) is 22.7. The molecule has 0 amide bonds. The lowest BCUT2D eigenvalue weighted by Crippen LogP contribution is -2.12. The molecule has 0 spiro atoms. The average molecular weight is 499 g/mol. The van der Waals surface area contributed by atoms with Gasteiger partial charge in [-0.2, -0.15) is 0 Å². The minimum atomic E-state index is -0.466. The molecule has 0 heterocycles. The molecule has 0 aliphatic heterocycles. The summed E-state index contributed by atoms with van der Waals surface area (Å²) in [5, 5.41) is 33.9. The molecule has 0 bridgehead atoms. The van der Waals surface area contributed by atoms with Crippen molar-refractivity contribution >= 4 is 0 Å². The highest BCUT2D eigenvalue weighted by Crippen LogP contribution is 2.48. The van der Waals surface area contributed by atoms with Crippen LogP contribution in [0.15, 0.2) is 42.5 Å². The van der Waals surface area contributed by atoms with Gasteiger partial charge in [0.1, 0.15) is 17.2 Å². The van der Waals surface area contributed by atoms with Crippen molar-refractivity contribution in [3.63, 3.8) is 0 Å². The zero-order valence-electron chi connectivity index (χ0n) is 22.7. The summed E-state index contributed by atoms with van der Waals surface area (Å²) in [6, 6.07) is 13.9. The van der Waals surface area contributed by atoms with Crippen molar-refractivity contribution in [2.45, 2.75) is 103 Å². The Balaban J connectivity index is 1.71. The predicted octanol–water partition coefficient (Wildman–Crippen LogP) is 9.00. The maximum atomic E-state index is 11.4. The van der Waals surface area contributed by atoms with Crippen LogP contribution >= 0.6 is 0 Å². The van der Waals surface area contributed by atoms with Crippen molar-refractivity contribution in [1.29, 1.82) is 0 Å². The third-order valence-electron chi connectivity index (χ3n) is 9.04. The van der Waals surface area contributed by atoms with E-state index in [0.717, 1.165) is 27.8 Å². The monoisotopic (exact) mass is 498 g/mol. The molecule has 3 N–H and O–H groups in total. The minimum absolute atomic E-state index is 0.198. The van der Waals surface area contributed by atoms with Gasteiger partial charge in [-0.05, 0) is 104 Å². The number of benzene rings is 3. The first kappa shape index (κ1) is 25.7. The van der Waals surface area contributed by atoms with Gasteiger partial charge in [-0.1, -0.05) is 62.8 Å². The molecule has 2 aliphatic rings. The van der Waals surface area contributed by atoms with Crippen LogP contribution in [0.3, 0.4) is 0 Å². The second-order valence-corrected chi connectivity index (χ2v) is 11.7. The van der Waals surface area contributed by atoms with Crippen LogP contribution in [-0.4, -0.2) is 15.3 Å². The van der Waals surface area contributed by atoms with E-state index in [1.165, 1.54) is 75.3 Å². The number of phenolic OH excluding ortho intramolecular Hbond substituents is 3. The van der Waals surface area contributed by atoms with Gasteiger partial charge in [-0.3, -0.25) is 0 Å². The highest BCUT2D eigenvalue weighted by Gasteiger charge is 2.30. The molecular weight excluding hydrogens is 456 g/mol. The molecule has 5 rings (SSSR count). The highest BCUT2D eigenvalue weighted by molar-refractivity contribution is 5.59. The van der Waals surface area contributed by atoms with Crippen molar-refractivity contribution in [3.05, 3.63) is 87.0 Å². The van der Waals surface area contributed by atoms with E-state index in [9.17, 15) is 15.3 Å². The molecule has 3 aromatic rings. The van der Waals surface area contributed by atoms with Gasteiger partial charge in [0, 0.05) is 22.6 Å². The summed E-state index contributed by atoms with van der Waals surface area (Å²) in [4.78, 5) is 0. The second kappa shape index (κ2) is 10.8. The van der Waals surface area contributed by atoms with Crippen LogP contribution < -0.4 is 0 Å². The third-order valence-corrected chi connectivity index (χ3v) is 9.04. The van der Waals surface area contributed by atoms with Crippen LogP contribution in [0.5, 0.6) is 17.2 Å². The lowest BCUT2D eigenvalue weighted by molar-refractivity contribution is 0.434. The fourth-order valence-corrected chi connectivity index (χ4v) is 7.02. The number of hydrogen-bond acceptors (Lipinski definition) is 3. The highest BCUT2D eigenvalue weighted by atomic mass is 16.3. The Morgan fingerprint density at radius 1 is 0.541 bits per heavy atom. The van der Waals surface area contributed by atoms with Gasteiger partial charge in [0.15, 0.2) is 0 Å². The Morgan fingerprint density at radius 3 is 1.41 bits per heavy atom. The molecule has 3 heteroatoms. The standard InChI is InChI=1S/C34H42O3/c1-21-14-15-26(31(35)16-21)34(29-19-27(22(2)17-32(29)36)24-10-6-4-7-11-24)30-20-28(23(3)18-33(30)37)25-12-8-5-9-13-25/h14-20,24-25,34-37H,4-13H2,1-3H3. The van der Waals surface area contributed by atoms with Crippen LogP contribution in [0.2, 0.25) is 0 Å². The van der Waals surface area contributed by atoms with Crippen molar-refractivity contribution < 1.29 is 15.3 Å². The van der Waals surface area contributed by atoms with Crippen molar-refractivity contribution in [2.24, 2.45) is 0 Å². The fourth-order valence-electron chi connectivity index (χ4n) is 7.02. The predicted molar refractivity (Wildman–Crippen MR) is 151 cm³/mol. The largest absolute Gasteiger partial charge is 0.508 e. The van der Waals surface area contributed by atoms with Gasteiger partial charge in [0.2, 0.25) is 0 Å². The summed E-state index contributed by atoms with van der Waals surface area (Å²) in [5.74, 6) is 1.16. The molecule has 0 unspecified atom stereocenters. The Bertz CT molecular complexity index is 1190. The van der Waals surface area contributed by atoms with Crippen LogP contribution in [0.1, 0.15) is 126 Å². The van der Waals surface area contributed by atoms with Crippen LogP contribution in [0.25, 0.3) is 0 Å². The smallest absolute Gasteiger partial charge is 0.120 e. The Kier molecular flexibility index (Phi) is 7.51. The second-order valence-electron chi connectivity index (χ2n) is 11.7.